The first kappa shape index (κ1) is 12.9. The molecule has 2 N–H and O–H groups in total. The summed E-state index contributed by atoms with van der Waals surface area (Å²) in [5, 5.41) is 3.96. The quantitative estimate of drug-likeness (QED) is 0.831. The minimum atomic E-state index is -0.224. The van der Waals surface area contributed by atoms with Gasteiger partial charge in [-0.05, 0) is 31.6 Å². The molecule has 1 aromatic heterocycles. The lowest BCUT2D eigenvalue weighted by Gasteiger charge is -2.27. The van der Waals surface area contributed by atoms with E-state index in [1.807, 2.05) is 0 Å². The van der Waals surface area contributed by atoms with Crippen LogP contribution < -0.4 is 5.73 Å². The number of carbonyl (C=O) groups excluding carboxylic acids is 1. The van der Waals surface area contributed by atoms with Crippen molar-refractivity contribution in [1.82, 2.24) is 9.78 Å². The van der Waals surface area contributed by atoms with E-state index in [0.717, 1.165) is 18.8 Å². The summed E-state index contributed by atoms with van der Waals surface area (Å²) in [6.45, 7) is 2.37. The SMILES string of the molecule is CCC1CCC(OC(=O)Cn2cc(N)cn2)CC1. The van der Waals surface area contributed by atoms with Crippen molar-refractivity contribution < 1.29 is 9.53 Å². The highest BCUT2D eigenvalue weighted by molar-refractivity contribution is 5.69. The fourth-order valence-electron chi connectivity index (χ4n) is 2.48. The number of esters is 1. The molecule has 1 aliphatic carbocycles. The third-order valence-electron chi connectivity index (χ3n) is 3.61. The number of ether oxygens (including phenoxy) is 1. The molecule has 1 heterocycles. The summed E-state index contributed by atoms with van der Waals surface area (Å²) >= 11 is 0. The normalized spacial score (nSPS) is 23.8. The maximum Gasteiger partial charge on any atom is 0.328 e. The van der Waals surface area contributed by atoms with Crippen molar-refractivity contribution in [2.24, 2.45) is 5.92 Å². The summed E-state index contributed by atoms with van der Waals surface area (Å²) in [5.74, 6) is 0.587. The van der Waals surface area contributed by atoms with Crippen molar-refractivity contribution in [3.05, 3.63) is 12.4 Å². The first-order valence-corrected chi connectivity index (χ1v) is 6.64. The fraction of sp³-hybridized carbons (Fsp3) is 0.692. The Labute approximate surface area is 107 Å². The van der Waals surface area contributed by atoms with Gasteiger partial charge in [-0.1, -0.05) is 13.3 Å². The van der Waals surface area contributed by atoms with Gasteiger partial charge in [-0.25, -0.2) is 0 Å². The number of hydrogen-bond acceptors (Lipinski definition) is 4. The molecule has 1 saturated carbocycles. The number of anilines is 1. The summed E-state index contributed by atoms with van der Waals surface area (Å²) in [7, 11) is 0. The topological polar surface area (TPSA) is 70.1 Å². The predicted molar refractivity (Wildman–Crippen MR) is 68.8 cm³/mol. The summed E-state index contributed by atoms with van der Waals surface area (Å²) in [4.78, 5) is 11.7. The first-order chi connectivity index (χ1) is 8.67. The smallest absolute Gasteiger partial charge is 0.328 e. The van der Waals surface area contributed by atoms with Crippen LogP contribution in [0.4, 0.5) is 5.69 Å². The molecule has 1 aromatic rings. The molecule has 0 aromatic carbocycles. The van der Waals surface area contributed by atoms with E-state index in [0.29, 0.717) is 5.69 Å². The van der Waals surface area contributed by atoms with Crippen LogP contribution >= 0.6 is 0 Å². The minimum absolute atomic E-state index is 0.0909. The maximum absolute atomic E-state index is 11.7. The molecule has 0 unspecified atom stereocenters. The molecule has 0 bridgehead atoms. The number of rotatable bonds is 4. The molecule has 0 aliphatic heterocycles. The Hall–Kier alpha value is -1.52. The highest BCUT2D eigenvalue weighted by Crippen LogP contribution is 2.28. The Kier molecular flexibility index (Phi) is 4.23. The van der Waals surface area contributed by atoms with E-state index in [1.165, 1.54) is 30.1 Å². The highest BCUT2D eigenvalue weighted by atomic mass is 16.5. The lowest BCUT2D eigenvalue weighted by Crippen LogP contribution is -2.26. The molecular formula is C13H21N3O2. The third-order valence-corrected chi connectivity index (χ3v) is 3.61. The van der Waals surface area contributed by atoms with Crippen molar-refractivity contribution in [2.45, 2.75) is 51.7 Å². The van der Waals surface area contributed by atoms with Crippen molar-refractivity contribution in [2.75, 3.05) is 5.73 Å². The van der Waals surface area contributed by atoms with Crippen LogP contribution in [-0.4, -0.2) is 21.9 Å². The van der Waals surface area contributed by atoms with E-state index >= 15 is 0 Å². The van der Waals surface area contributed by atoms with Gasteiger partial charge < -0.3 is 10.5 Å². The molecule has 0 saturated heterocycles. The molecule has 100 valence electrons. The molecule has 1 aliphatic rings. The van der Waals surface area contributed by atoms with Gasteiger partial charge in [0.2, 0.25) is 0 Å². The zero-order valence-electron chi connectivity index (χ0n) is 10.8. The van der Waals surface area contributed by atoms with Gasteiger partial charge in [-0.15, -0.1) is 0 Å². The summed E-state index contributed by atoms with van der Waals surface area (Å²) < 4.78 is 6.97. The Morgan fingerprint density at radius 2 is 2.22 bits per heavy atom. The van der Waals surface area contributed by atoms with Gasteiger partial charge in [0.1, 0.15) is 12.6 Å². The van der Waals surface area contributed by atoms with Crippen LogP contribution in [0.15, 0.2) is 12.4 Å². The standard InChI is InChI=1S/C13H21N3O2/c1-2-10-3-5-12(6-4-10)18-13(17)9-16-8-11(14)7-15-16/h7-8,10,12H,2-6,9,14H2,1H3. The number of nitrogens with two attached hydrogens (primary N) is 1. The van der Waals surface area contributed by atoms with Crippen molar-refractivity contribution >= 4 is 11.7 Å². The van der Waals surface area contributed by atoms with Gasteiger partial charge in [0, 0.05) is 6.20 Å². The second kappa shape index (κ2) is 5.89. The Morgan fingerprint density at radius 1 is 1.50 bits per heavy atom. The fourth-order valence-corrected chi connectivity index (χ4v) is 2.48. The lowest BCUT2D eigenvalue weighted by atomic mass is 9.86. The van der Waals surface area contributed by atoms with Gasteiger partial charge in [0.05, 0.1) is 11.9 Å². The van der Waals surface area contributed by atoms with E-state index in [9.17, 15) is 4.79 Å². The minimum Gasteiger partial charge on any atom is -0.461 e. The number of carbonyl (C=O) groups is 1. The van der Waals surface area contributed by atoms with E-state index in [2.05, 4.69) is 12.0 Å². The van der Waals surface area contributed by atoms with Crippen molar-refractivity contribution in [1.29, 1.82) is 0 Å². The number of aromatic nitrogens is 2. The Bertz CT molecular complexity index is 395. The summed E-state index contributed by atoms with van der Waals surface area (Å²) in [5.41, 5.74) is 6.10. The molecule has 0 spiro atoms. The van der Waals surface area contributed by atoms with Crippen LogP contribution in [0.2, 0.25) is 0 Å². The lowest BCUT2D eigenvalue weighted by molar-refractivity contribution is -0.151. The van der Waals surface area contributed by atoms with Crippen LogP contribution in [0.3, 0.4) is 0 Å². The average molecular weight is 251 g/mol. The largest absolute Gasteiger partial charge is 0.461 e. The number of nitrogen functional groups attached to an aromatic ring is 1. The average Bonchev–Trinajstić information content (AvgIpc) is 2.75. The third kappa shape index (κ3) is 3.48. The van der Waals surface area contributed by atoms with Gasteiger partial charge in [0.15, 0.2) is 0 Å². The van der Waals surface area contributed by atoms with Gasteiger partial charge >= 0.3 is 5.97 Å². The van der Waals surface area contributed by atoms with Crippen LogP contribution in [0.25, 0.3) is 0 Å². The molecule has 0 amide bonds. The monoisotopic (exact) mass is 251 g/mol. The first-order valence-electron chi connectivity index (χ1n) is 6.64. The van der Waals surface area contributed by atoms with Crippen LogP contribution in [-0.2, 0) is 16.1 Å². The van der Waals surface area contributed by atoms with Gasteiger partial charge in [-0.2, -0.15) is 5.10 Å². The van der Waals surface area contributed by atoms with Crippen molar-refractivity contribution in [3.8, 4) is 0 Å². The highest BCUT2D eigenvalue weighted by Gasteiger charge is 2.22. The maximum atomic E-state index is 11.7. The second-order valence-electron chi connectivity index (χ2n) is 5.01. The van der Waals surface area contributed by atoms with E-state index in [4.69, 9.17) is 10.5 Å². The molecule has 18 heavy (non-hydrogen) atoms. The molecule has 0 atom stereocenters. The molecule has 0 radical (unpaired) electrons. The van der Waals surface area contributed by atoms with Gasteiger partial charge in [-0.3, -0.25) is 9.48 Å². The van der Waals surface area contributed by atoms with Crippen LogP contribution in [0, 0.1) is 5.92 Å². The molecule has 5 nitrogen and oxygen atoms in total. The predicted octanol–water partition coefficient (Wildman–Crippen LogP) is 1.98. The molecule has 1 fully saturated rings. The zero-order chi connectivity index (χ0) is 13.0. The number of nitrogens with zero attached hydrogens (tertiary/aromatic N) is 2. The molecular weight excluding hydrogens is 230 g/mol. The van der Waals surface area contributed by atoms with Crippen LogP contribution in [0.1, 0.15) is 39.0 Å². The number of hydrogen-bond donors (Lipinski definition) is 1. The van der Waals surface area contributed by atoms with E-state index in [-0.39, 0.29) is 18.6 Å². The second-order valence-corrected chi connectivity index (χ2v) is 5.01. The molecule has 2 rings (SSSR count). The summed E-state index contributed by atoms with van der Waals surface area (Å²) in [6.07, 6.45) is 8.80. The zero-order valence-corrected chi connectivity index (χ0v) is 10.8. The Balaban J connectivity index is 1.75. The van der Waals surface area contributed by atoms with Gasteiger partial charge in [0.25, 0.3) is 0 Å². The van der Waals surface area contributed by atoms with E-state index in [1.54, 1.807) is 6.20 Å². The molecule has 5 heteroatoms. The summed E-state index contributed by atoms with van der Waals surface area (Å²) in [6, 6.07) is 0. The van der Waals surface area contributed by atoms with E-state index < -0.39 is 0 Å². The van der Waals surface area contributed by atoms with Crippen LogP contribution in [0.5, 0.6) is 0 Å². The Morgan fingerprint density at radius 3 is 2.78 bits per heavy atom. The van der Waals surface area contributed by atoms with Crippen molar-refractivity contribution in [3.63, 3.8) is 0 Å².